The molecule has 22 nitrogen and oxygen atoms in total. The fourth-order valence-electron chi connectivity index (χ4n) is 5.47. The van der Waals surface area contributed by atoms with Gasteiger partial charge in [0.2, 0.25) is 47.3 Å². The van der Waals surface area contributed by atoms with Gasteiger partial charge in [0.1, 0.15) is 36.3 Å². The van der Waals surface area contributed by atoms with E-state index in [-0.39, 0.29) is 60.9 Å². The van der Waals surface area contributed by atoms with E-state index in [1.807, 2.05) is 13.8 Å². The number of aliphatic carboxylic acids is 1. The van der Waals surface area contributed by atoms with Crippen LogP contribution < -0.4 is 59.7 Å². The van der Waals surface area contributed by atoms with Crippen molar-refractivity contribution in [2.75, 3.05) is 36.9 Å². The molecule has 0 aromatic heterocycles. The van der Waals surface area contributed by atoms with Gasteiger partial charge in [-0.25, -0.2) is 4.79 Å². The highest BCUT2D eigenvalue weighted by Gasteiger charge is 2.32. The van der Waals surface area contributed by atoms with Crippen molar-refractivity contribution in [1.29, 1.82) is 0 Å². The van der Waals surface area contributed by atoms with Gasteiger partial charge >= 0.3 is 5.97 Å². The molecule has 15 N–H and O–H groups in total. The Kier molecular flexibility index (Phi) is 28.3. The van der Waals surface area contributed by atoms with Gasteiger partial charge in [0.05, 0.1) is 19.1 Å². The van der Waals surface area contributed by atoms with Gasteiger partial charge in [-0.3, -0.25) is 43.3 Å². The predicted octanol–water partition coefficient (Wildman–Crippen LogP) is -3.48. The molecule has 0 saturated heterocycles. The summed E-state index contributed by atoms with van der Waals surface area (Å²) in [5.74, 6) is -8.33. The maximum atomic E-state index is 13.4. The first-order valence-corrected chi connectivity index (χ1v) is 22.1. The van der Waals surface area contributed by atoms with Crippen LogP contribution in [0.1, 0.15) is 73.6 Å². The van der Waals surface area contributed by atoms with E-state index >= 15 is 0 Å². The Labute approximate surface area is 379 Å². The van der Waals surface area contributed by atoms with Crippen LogP contribution in [0, 0.1) is 17.8 Å². The van der Waals surface area contributed by atoms with Crippen LogP contribution in [0.5, 0.6) is 0 Å². The highest BCUT2D eigenvalue weighted by molar-refractivity contribution is 7.80. The van der Waals surface area contributed by atoms with Crippen molar-refractivity contribution in [2.45, 2.75) is 116 Å². The molecule has 0 unspecified atom stereocenters. The third-order valence-electron chi connectivity index (χ3n) is 9.09. The van der Waals surface area contributed by atoms with Gasteiger partial charge in [-0.05, 0) is 43.4 Å². The fourth-order valence-corrected chi connectivity index (χ4v) is 6.23. The number of guanidine groups is 1. The van der Waals surface area contributed by atoms with Gasteiger partial charge in [-0.2, -0.15) is 37.9 Å². The summed E-state index contributed by atoms with van der Waals surface area (Å²) in [4.78, 5) is 119. The van der Waals surface area contributed by atoms with Gasteiger partial charge < -0.3 is 64.8 Å². The summed E-state index contributed by atoms with van der Waals surface area (Å²) < 4.78 is 0. The SMILES string of the molecule is CC[C@H](C)[C@H](NC(=O)CNC(=O)[C@H](CC(C)C)NC(=O)CNC(=O)[C@H](CS)NC(=O)[C@H](CC(C)C)NC(=O)[C@H](CS)NC(=O)[C@@H](N)CCCN=C(N)N)C(=O)N[C@@H](CS)C(=O)O. The van der Waals surface area contributed by atoms with Crippen molar-refractivity contribution in [3.05, 3.63) is 0 Å². The minimum absolute atomic E-state index is 0.0967. The van der Waals surface area contributed by atoms with E-state index in [1.165, 1.54) is 0 Å². The lowest BCUT2D eigenvalue weighted by atomic mass is 9.98. The molecule has 8 atom stereocenters. The zero-order valence-corrected chi connectivity index (χ0v) is 38.9. The third kappa shape index (κ3) is 23.1. The van der Waals surface area contributed by atoms with Crippen LogP contribution in [-0.2, 0) is 43.2 Å². The lowest BCUT2D eigenvalue weighted by Gasteiger charge is -2.26. The molecular formula is C37H68N12O10S3. The van der Waals surface area contributed by atoms with E-state index in [1.54, 1.807) is 27.7 Å². The first-order valence-electron chi connectivity index (χ1n) is 20.2. The van der Waals surface area contributed by atoms with Crippen LogP contribution in [0.3, 0.4) is 0 Å². The summed E-state index contributed by atoms with van der Waals surface area (Å²) in [6, 6.07) is -8.06. The van der Waals surface area contributed by atoms with Gasteiger partial charge in [0, 0.05) is 23.8 Å². The lowest BCUT2D eigenvalue weighted by molar-refractivity contribution is -0.141. The monoisotopic (exact) mass is 936 g/mol. The number of amides is 8. The summed E-state index contributed by atoms with van der Waals surface area (Å²) in [6.07, 6.45) is 1.39. The van der Waals surface area contributed by atoms with E-state index in [4.69, 9.17) is 17.2 Å². The molecule has 0 aliphatic carbocycles. The highest BCUT2D eigenvalue weighted by atomic mass is 32.1. The zero-order chi connectivity index (χ0) is 47.7. The number of hydrogen-bond acceptors (Lipinski definition) is 14. The molecule has 0 spiro atoms. The smallest absolute Gasteiger partial charge is 0.327 e. The highest BCUT2D eigenvalue weighted by Crippen LogP contribution is 2.10. The minimum atomic E-state index is -1.30. The number of carbonyl (C=O) groups is 9. The molecule has 8 amide bonds. The van der Waals surface area contributed by atoms with E-state index in [0.29, 0.717) is 12.8 Å². The van der Waals surface area contributed by atoms with Crippen molar-refractivity contribution < 1.29 is 48.3 Å². The summed E-state index contributed by atoms with van der Waals surface area (Å²) in [7, 11) is 0. The average Bonchev–Trinajstić information content (AvgIpc) is 3.20. The Morgan fingerprint density at radius 1 is 0.581 bits per heavy atom. The Hall–Kier alpha value is -4.49. The van der Waals surface area contributed by atoms with Gasteiger partial charge in [-0.1, -0.05) is 48.0 Å². The van der Waals surface area contributed by atoms with Crippen molar-refractivity contribution in [2.24, 2.45) is 39.9 Å². The fraction of sp³-hybridized carbons (Fsp3) is 0.730. The molecule has 0 rings (SSSR count). The summed E-state index contributed by atoms with van der Waals surface area (Å²) >= 11 is 12.3. The normalized spacial score (nSPS) is 14.9. The van der Waals surface area contributed by atoms with E-state index in [0.717, 1.165) is 0 Å². The Morgan fingerprint density at radius 2 is 1.00 bits per heavy atom. The molecule has 0 heterocycles. The second-order valence-corrected chi connectivity index (χ2v) is 16.5. The zero-order valence-electron chi connectivity index (χ0n) is 36.2. The number of aliphatic imine (C=N–C) groups is 1. The topological polar surface area (TPSA) is 361 Å². The maximum Gasteiger partial charge on any atom is 0.327 e. The molecule has 0 saturated carbocycles. The molecule has 0 radical (unpaired) electrons. The second kappa shape index (κ2) is 30.5. The largest absolute Gasteiger partial charge is 0.480 e. The number of hydrogen-bond donors (Lipinski definition) is 15. The minimum Gasteiger partial charge on any atom is -0.480 e. The molecule has 0 aliphatic rings. The number of nitrogens with zero attached hydrogens (tertiary/aromatic N) is 1. The predicted molar refractivity (Wildman–Crippen MR) is 243 cm³/mol. The van der Waals surface area contributed by atoms with Crippen molar-refractivity contribution >= 4 is 97.1 Å². The van der Waals surface area contributed by atoms with Gasteiger partial charge in [0.25, 0.3) is 0 Å². The number of nitrogens with two attached hydrogens (primary N) is 3. The van der Waals surface area contributed by atoms with Gasteiger partial charge in [-0.15, -0.1) is 0 Å². The molecule has 354 valence electrons. The van der Waals surface area contributed by atoms with E-state index in [2.05, 4.69) is 85.4 Å². The number of carboxylic acid groups (broad SMARTS) is 1. The quantitative estimate of drug-likeness (QED) is 0.0144. The molecule has 0 aromatic rings. The van der Waals surface area contributed by atoms with E-state index in [9.17, 15) is 48.3 Å². The Morgan fingerprint density at radius 3 is 1.47 bits per heavy atom. The Bertz CT molecular complexity index is 1550. The first kappa shape index (κ1) is 57.5. The standard InChI is InChI=1S/C37H68N12O10S3/c1-7-20(6)29(35(57)48-26(17-62)36(58)59)49-28(51)14-42-31(53)22(11-18(2)3)44-27(50)13-43-32(54)24(15-60)47-33(55)23(12-19(4)5)45-34(56)25(16-61)46-30(52)21(38)9-8-10-41-37(39)40/h18-26,29,60-62H,7-17,38H2,1-6H3,(H,42,53)(H,43,54)(H,44,50)(H,45,56)(H,46,52)(H,47,55)(H,48,57)(H,49,51)(H,58,59)(H4,39,40,41)/t20-,21-,22-,23-,24-,25-,26-,29-/m0/s1. The van der Waals surface area contributed by atoms with Crippen LogP contribution in [0.4, 0.5) is 0 Å². The number of carbonyl (C=O) groups excluding carboxylic acids is 8. The molecule has 0 aromatic carbocycles. The molecule has 62 heavy (non-hydrogen) atoms. The third-order valence-corrected chi connectivity index (χ3v) is 10.2. The molecule has 0 fully saturated rings. The van der Waals surface area contributed by atoms with Crippen molar-refractivity contribution in [1.82, 2.24) is 42.5 Å². The van der Waals surface area contributed by atoms with Crippen LogP contribution >= 0.6 is 37.9 Å². The van der Waals surface area contributed by atoms with Crippen LogP contribution in [0.2, 0.25) is 0 Å². The van der Waals surface area contributed by atoms with Gasteiger partial charge in [0.15, 0.2) is 5.96 Å². The summed E-state index contributed by atoms with van der Waals surface area (Å²) in [5, 5.41) is 29.1. The number of rotatable bonds is 30. The second-order valence-electron chi connectivity index (χ2n) is 15.4. The number of nitrogens with one attached hydrogen (secondary N) is 8. The molecule has 25 heteroatoms. The number of carboxylic acids is 1. The number of thiol groups is 3. The summed E-state index contributed by atoms with van der Waals surface area (Å²) in [6.45, 7) is 9.76. The average molecular weight is 937 g/mol. The molecular weight excluding hydrogens is 869 g/mol. The first-order chi connectivity index (χ1) is 29.0. The molecule has 0 bridgehead atoms. The van der Waals surface area contributed by atoms with Crippen LogP contribution in [0.15, 0.2) is 4.99 Å². The van der Waals surface area contributed by atoms with Crippen molar-refractivity contribution in [3.63, 3.8) is 0 Å². The van der Waals surface area contributed by atoms with E-state index < -0.39 is 115 Å². The van der Waals surface area contributed by atoms with Crippen LogP contribution in [0.25, 0.3) is 0 Å². The maximum absolute atomic E-state index is 13.4. The lowest BCUT2D eigenvalue weighted by Crippen LogP contribution is -2.59. The Balaban J connectivity index is 5.51. The van der Waals surface area contributed by atoms with Crippen molar-refractivity contribution in [3.8, 4) is 0 Å². The summed E-state index contributed by atoms with van der Waals surface area (Å²) in [5.41, 5.74) is 16.5. The molecule has 0 aliphatic heterocycles. The van der Waals surface area contributed by atoms with Crippen LogP contribution in [-0.4, -0.2) is 143 Å².